The zero-order valence-corrected chi connectivity index (χ0v) is 25.9. The number of aryl methyl sites for hydroxylation is 1. The molecular formula is C32H32IN3O4S. The Balaban J connectivity index is 1.77. The molecule has 0 heterocycles. The summed E-state index contributed by atoms with van der Waals surface area (Å²) in [5.41, 5.74) is 3.14. The Hall–Kier alpha value is -3.70. The lowest BCUT2D eigenvalue weighted by molar-refractivity contribution is -0.139. The smallest absolute Gasteiger partial charge is 0.264 e. The topological polar surface area (TPSA) is 86.8 Å². The monoisotopic (exact) mass is 681 g/mol. The number of nitrogens with one attached hydrogen (secondary N) is 1. The summed E-state index contributed by atoms with van der Waals surface area (Å²) in [5, 5.41) is 2.70. The van der Waals surface area contributed by atoms with Gasteiger partial charge in [0.1, 0.15) is 12.6 Å². The predicted molar refractivity (Wildman–Crippen MR) is 170 cm³/mol. The van der Waals surface area contributed by atoms with Crippen LogP contribution in [0.25, 0.3) is 0 Å². The Morgan fingerprint density at radius 2 is 1.39 bits per heavy atom. The molecule has 0 radical (unpaired) electrons. The maximum Gasteiger partial charge on any atom is 0.264 e. The van der Waals surface area contributed by atoms with E-state index in [1.165, 1.54) is 24.1 Å². The Labute approximate surface area is 255 Å². The first-order valence-electron chi connectivity index (χ1n) is 13.1. The first-order valence-corrected chi connectivity index (χ1v) is 15.6. The van der Waals surface area contributed by atoms with E-state index >= 15 is 0 Å². The zero-order chi connectivity index (χ0) is 29.4. The minimum Gasteiger partial charge on any atom is -0.357 e. The van der Waals surface area contributed by atoms with Crippen molar-refractivity contribution in [2.24, 2.45) is 0 Å². The number of carbonyl (C=O) groups excluding carboxylic acids is 2. The molecular weight excluding hydrogens is 649 g/mol. The van der Waals surface area contributed by atoms with Gasteiger partial charge >= 0.3 is 0 Å². The minimum atomic E-state index is -4.10. The zero-order valence-electron chi connectivity index (χ0n) is 22.9. The average Bonchev–Trinajstić information content (AvgIpc) is 2.99. The summed E-state index contributed by atoms with van der Waals surface area (Å²) < 4.78 is 29.8. The molecule has 4 aromatic rings. The molecule has 1 atom stereocenters. The number of sulfonamides is 1. The standard InChI is InChI=1S/C32H32IN3O4S/c1-24-13-15-26(16-14-24)22-35(30(32(38)34-2)21-25-9-5-3-6-10-25)31(37)23-36(28-19-17-27(33)18-20-28)41(39,40)29-11-7-4-8-12-29/h3-20,30H,21-23H2,1-2H3,(H,34,38). The summed E-state index contributed by atoms with van der Waals surface area (Å²) >= 11 is 2.15. The third kappa shape index (κ3) is 7.74. The van der Waals surface area contributed by atoms with E-state index in [-0.39, 0.29) is 23.8 Å². The van der Waals surface area contributed by atoms with Crippen molar-refractivity contribution in [3.63, 3.8) is 0 Å². The molecule has 0 fully saturated rings. The van der Waals surface area contributed by atoms with Gasteiger partial charge in [0.2, 0.25) is 11.8 Å². The van der Waals surface area contributed by atoms with Crippen molar-refractivity contribution in [2.75, 3.05) is 17.9 Å². The van der Waals surface area contributed by atoms with E-state index in [1.807, 2.05) is 61.5 Å². The Morgan fingerprint density at radius 1 is 0.805 bits per heavy atom. The van der Waals surface area contributed by atoms with Gasteiger partial charge in [0, 0.05) is 23.6 Å². The molecule has 0 bridgehead atoms. The fourth-order valence-corrected chi connectivity index (χ4v) is 6.26. The van der Waals surface area contributed by atoms with Crippen LogP contribution in [0, 0.1) is 10.5 Å². The lowest BCUT2D eigenvalue weighted by Crippen LogP contribution is -2.53. The van der Waals surface area contributed by atoms with E-state index < -0.39 is 28.5 Å². The van der Waals surface area contributed by atoms with Crippen LogP contribution in [0.15, 0.2) is 114 Å². The second kappa shape index (κ2) is 13.8. The van der Waals surface area contributed by atoms with Crippen LogP contribution in [-0.2, 0) is 32.6 Å². The molecule has 1 unspecified atom stereocenters. The van der Waals surface area contributed by atoms with Gasteiger partial charge in [0.25, 0.3) is 10.0 Å². The SMILES string of the molecule is CNC(=O)C(Cc1ccccc1)N(Cc1ccc(C)cc1)C(=O)CN(c1ccc(I)cc1)S(=O)(=O)c1ccccc1. The minimum absolute atomic E-state index is 0.0728. The summed E-state index contributed by atoms with van der Waals surface area (Å²) in [4.78, 5) is 29.1. The number of amides is 2. The molecule has 0 aromatic heterocycles. The van der Waals surface area contributed by atoms with E-state index in [9.17, 15) is 18.0 Å². The highest BCUT2D eigenvalue weighted by atomic mass is 127. The predicted octanol–water partition coefficient (Wildman–Crippen LogP) is 5.18. The molecule has 1 N–H and O–H groups in total. The van der Waals surface area contributed by atoms with Crippen molar-refractivity contribution in [1.29, 1.82) is 0 Å². The lowest BCUT2D eigenvalue weighted by atomic mass is 10.0. The Morgan fingerprint density at radius 3 is 1.98 bits per heavy atom. The number of rotatable bonds is 11. The van der Waals surface area contributed by atoms with Crippen molar-refractivity contribution in [2.45, 2.75) is 30.8 Å². The molecule has 0 aliphatic heterocycles. The van der Waals surface area contributed by atoms with E-state index in [0.29, 0.717) is 5.69 Å². The van der Waals surface area contributed by atoms with Crippen LogP contribution in [0.3, 0.4) is 0 Å². The van der Waals surface area contributed by atoms with Crippen LogP contribution in [0.2, 0.25) is 0 Å². The van der Waals surface area contributed by atoms with Gasteiger partial charge in [0.05, 0.1) is 10.6 Å². The van der Waals surface area contributed by atoms with Gasteiger partial charge in [-0.3, -0.25) is 13.9 Å². The molecule has 9 heteroatoms. The fourth-order valence-electron chi connectivity index (χ4n) is 4.47. The maximum absolute atomic E-state index is 14.2. The third-order valence-corrected chi connectivity index (χ3v) is 9.22. The molecule has 0 spiro atoms. The highest BCUT2D eigenvalue weighted by Crippen LogP contribution is 2.26. The number of halogens is 1. The number of likely N-dealkylation sites (N-methyl/N-ethyl adjacent to an activating group) is 1. The summed E-state index contributed by atoms with van der Waals surface area (Å²) in [7, 11) is -2.57. The molecule has 7 nitrogen and oxygen atoms in total. The van der Waals surface area contributed by atoms with Gasteiger partial charge in [-0.1, -0.05) is 78.4 Å². The molecule has 4 rings (SSSR count). The van der Waals surface area contributed by atoms with E-state index in [1.54, 1.807) is 42.5 Å². The molecule has 2 amide bonds. The Bertz CT molecular complexity index is 1560. The summed E-state index contributed by atoms with van der Waals surface area (Å²) in [6, 6.07) is 31.3. The number of benzene rings is 4. The highest BCUT2D eigenvalue weighted by Gasteiger charge is 2.34. The molecule has 0 saturated heterocycles. The quantitative estimate of drug-likeness (QED) is 0.221. The van der Waals surface area contributed by atoms with Gasteiger partial charge < -0.3 is 10.2 Å². The molecule has 212 valence electrons. The normalized spacial score (nSPS) is 11.9. The first-order chi connectivity index (χ1) is 19.7. The number of hydrogen-bond donors (Lipinski definition) is 1. The van der Waals surface area contributed by atoms with E-state index in [0.717, 1.165) is 24.6 Å². The van der Waals surface area contributed by atoms with Gasteiger partial charge in [-0.05, 0) is 77.0 Å². The van der Waals surface area contributed by atoms with Crippen LogP contribution in [0.4, 0.5) is 5.69 Å². The van der Waals surface area contributed by atoms with Gasteiger partial charge in [-0.15, -0.1) is 0 Å². The lowest BCUT2D eigenvalue weighted by Gasteiger charge is -2.33. The molecule has 0 aliphatic carbocycles. The third-order valence-electron chi connectivity index (χ3n) is 6.72. The van der Waals surface area contributed by atoms with Crippen LogP contribution in [0.5, 0.6) is 0 Å². The first kappa shape index (κ1) is 30.3. The molecule has 0 saturated carbocycles. The summed E-state index contributed by atoms with van der Waals surface area (Å²) in [5.74, 6) is -0.825. The van der Waals surface area contributed by atoms with E-state index in [2.05, 4.69) is 27.9 Å². The number of carbonyl (C=O) groups is 2. The molecule has 4 aromatic carbocycles. The van der Waals surface area contributed by atoms with Crippen molar-refractivity contribution >= 4 is 50.1 Å². The maximum atomic E-state index is 14.2. The average molecular weight is 682 g/mol. The highest BCUT2D eigenvalue weighted by molar-refractivity contribution is 14.1. The van der Waals surface area contributed by atoms with Gasteiger partial charge in [-0.2, -0.15) is 0 Å². The van der Waals surface area contributed by atoms with Crippen LogP contribution < -0.4 is 9.62 Å². The van der Waals surface area contributed by atoms with Crippen LogP contribution in [-0.4, -0.2) is 44.8 Å². The largest absolute Gasteiger partial charge is 0.357 e. The fraction of sp³-hybridized carbons (Fsp3) is 0.188. The Kier molecular flexibility index (Phi) is 10.2. The van der Waals surface area contributed by atoms with Crippen molar-refractivity contribution in [3.05, 3.63) is 129 Å². The molecule has 0 aliphatic rings. The number of hydrogen-bond acceptors (Lipinski definition) is 4. The van der Waals surface area contributed by atoms with E-state index in [4.69, 9.17) is 0 Å². The number of nitrogens with zero attached hydrogens (tertiary/aromatic N) is 2. The van der Waals surface area contributed by atoms with Gasteiger partial charge in [0.15, 0.2) is 0 Å². The summed E-state index contributed by atoms with van der Waals surface area (Å²) in [6.07, 6.45) is 0.271. The van der Waals surface area contributed by atoms with Crippen molar-refractivity contribution in [3.8, 4) is 0 Å². The second-order valence-corrected chi connectivity index (χ2v) is 12.7. The second-order valence-electron chi connectivity index (χ2n) is 9.63. The van der Waals surface area contributed by atoms with Crippen molar-refractivity contribution in [1.82, 2.24) is 10.2 Å². The van der Waals surface area contributed by atoms with Gasteiger partial charge in [-0.25, -0.2) is 8.42 Å². The molecule has 41 heavy (non-hydrogen) atoms. The van der Waals surface area contributed by atoms with Crippen LogP contribution in [0.1, 0.15) is 16.7 Å². The number of anilines is 1. The van der Waals surface area contributed by atoms with Crippen LogP contribution >= 0.6 is 22.6 Å². The summed E-state index contributed by atoms with van der Waals surface area (Å²) in [6.45, 7) is 1.63. The van der Waals surface area contributed by atoms with Crippen molar-refractivity contribution < 1.29 is 18.0 Å².